The third-order valence-corrected chi connectivity index (χ3v) is 7.64. The van der Waals surface area contributed by atoms with Crippen LogP contribution in [0.25, 0.3) is 22.3 Å². The van der Waals surface area contributed by atoms with Gasteiger partial charge in [-0.05, 0) is 51.7 Å². The maximum absolute atomic E-state index is 15.3. The Hall–Kier alpha value is -2.36. The number of rotatable bonds is 5. The summed E-state index contributed by atoms with van der Waals surface area (Å²) in [5.74, 6) is 0.586. The molecular formula is C24H26ClF2N5O2. The minimum atomic E-state index is -1.07. The Balaban J connectivity index is 1.41. The molecule has 3 aromatic rings. The zero-order valence-corrected chi connectivity index (χ0v) is 19.7. The molecule has 2 aromatic heterocycles. The first kappa shape index (κ1) is 22.1. The van der Waals surface area contributed by atoms with Crippen molar-refractivity contribution < 1.29 is 18.6 Å². The molecule has 2 bridgehead atoms. The highest BCUT2D eigenvalue weighted by Gasteiger charge is 2.71. The average molecular weight is 490 g/mol. The molecule has 4 aliphatic rings. The molecule has 1 aromatic carbocycles. The summed E-state index contributed by atoms with van der Waals surface area (Å²) < 4.78 is 36.9. The van der Waals surface area contributed by atoms with E-state index in [1.165, 1.54) is 12.3 Å². The third kappa shape index (κ3) is 3.31. The van der Waals surface area contributed by atoms with E-state index >= 15 is 4.39 Å². The number of anilines is 1. The first-order valence-corrected chi connectivity index (χ1v) is 12.0. The number of nitrogens with zero attached hydrogens (tertiary/aromatic N) is 4. The molecule has 0 amide bonds. The molecule has 1 aliphatic heterocycles. The molecule has 7 rings (SSSR count). The normalized spacial score (nSPS) is 30.3. The number of benzene rings is 1. The fourth-order valence-corrected chi connectivity index (χ4v) is 5.98. The van der Waals surface area contributed by atoms with Crippen LogP contribution in [-0.4, -0.2) is 55.7 Å². The van der Waals surface area contributed by atoms with Gasteiger partial charge < -0.3 is 19.7 Å². The summed E-state index contributed by atoms with van der Waals surface area (Å²) in [6.07, 6.45) is 2.76. The standard InChI is InChI=1S/C24H26ClF2N5O2/c1-12(2)32-17-6-13(5-15(26)20(17)30-21(32)23-9-24(27,10-23)11-23)19-14(25)7-28-22(31-19)29-16-3-4-34-8-18(16)33/h5-7,12,16,18,33H,3-4,8-11H2,1-2H3,(H,28,29,31)/t16-,18-,23?,24?/m1/s1. The number of nitrogens with one attached hydrogen (secondary N) is 1. The summed E-state index contributed by atoms with van der Waals surface area (Å²) in [6, 6.07) is 2.99. The van der Waals surface area contributed by atoms with E-state index < -0.39 is 17.6 Å². The number of aliphatic hydroxyl groups is 1. The first-order valence-electron chi connectivity index (χ1n) is 11.6. The van der Waals surface area contributed by atoms with E-state index in [4.69, 9.17) is 16.3 Å². The molecule has 10 heteroatoms. The molecule has 4 fully saturated rings. The van der Waals surface area contributed by atoms with Crippen LogP contribution in [0.5, 0.6) is 0 Å². The SMILES string of the molecule is CC(C)n1c(C23CC(F)(C2)C3)nc2c(F)cc(-c3nc(N[C@@H]4CCOC[C@H]4O)ncc3Cl)cc21. The van der Waals surface area contributed by atoms with Crippen molar-refractivity contribution in [1.29, 1.82) is 0 Å². The van der Waals surface area contributed by atoms with Crippen LogP contribution in [0, 0.1) is 5.82 Å². The van der Waals surface area contributed by atoms with Crippen molar-refractivity contribution in [3.8, 4) is 11.3 Å². The Labute approximate surface area is 200 Å². The van der Waals surface area contributed by atoms with Crippen molar-refractivity contribution in [1.82, 2.24) is 19.5 Å². The Morgan fingerprint density at radius 1 is 1.26 bits per heavy atom. The van der Waals surface area contributed by atoms with Gasteiger partial charge in [-0.15, -0.1) is 0 Å². The van der Waals surface area contributed by atoms with E-state index in [-0.39, 0.29) is 34.6 Å². The van der Waals surface area contributed by atoms with Gasteiger partial charge in [0.25, 0.3) is 0 Å². The number of ether oxygens (including phenoxy) is 1. The van der Waals surface area contributed by atoms with E-state index in [2.05, 4.69) is 20.3 Å². The second kappa shape index (κ2) is 7.57. The molecule has 0 spiro atoms. The minimum absolute atomic E-state index is 0.0207. The number of fused-ring (bicyclic) bond motifs is 1. The average Bonchev–Trinajstić information content (AvgIpc) is 3.14. The van der Waals surface area contributed by atoms with Gasteiger partial charge in [0, 0.05) is 23.6 Å². The lowest BCUT2D eigenvalue weighted by molar-refractivity contribution is -0.163. The highest BCUT2D eigenvalue weighted by Crippen LogP contribution is 2.70. The summed E-state index contributed by atoms with van der Waals surface area (Å²) in [5, 5.41) is 13.6. The van der Waals surface area contributed by atoms with Gasteiger partial charge in [0.2, 0.25) is 5.95 Å². The van der Waals surface area contributed by atoms with Crippen molar-refractivity contribution >= 4 is 28.6 Å². The highest BCUT2D eigenvalue weighted by atomic mass is 35.5. The molecule has 3 aliphatic carbocycles. The molecule has 0 unspecified atom stereocenters. The monoisotopic (exact) mass is 489 g/mol. The Morgan fingerprint density at radius 2 is 2.03 bits per heavy atom. The second-order valence-electron chi connectivity index (χ2n) is 10.3. The lowest BCUT2D eigenvalue weighted by Gasteiger charge is -2.65. The molecule has 2 N–H and O–H groups in total. The highest BCUT2D eigenvalue weighted by molar-refractivity contribution is 6.33. The van der Waals surface area contributed by atoms with Crippen molar-refractivity contribution in [2.75, 3.05) is 18.5 Å². The summed E-state index contributed by atoms with van der Waals surface area (Å²) in [7, 11) is 0. The second-order valence-corrected chi connectivity index (χ2v) is 10.7. The number of hydrogen-bond donors (Lipinski definition) is 2. The topological polar surface area (TPSA) is 85.1 Å². The number of hydrogen-bond acceptors (Lipinski definition) is 6. The smallest absolute Gasteiger partial charge is 0.223 e. The van der Waals surface area contributed by atoms with Crippen LogP contribution < -0.4 is 5.32 Å². The number of aliphatic hydroxyl groups excluding tert-OH is 1. The number of halogens is 3. The minimum Gasteiger partial charge on any atom is -0.389 e. The third-order valence-electron chi connectivity index (χ3n) is 7.36. The van der Waals surface area contributed by atoms with Crippen molar-refractivity contribution in [2.24, 2.45) is 0 Å². The van der Waals surface area contributed by atoms with Crippen molar-refractivity contribution in [2.45, 2.75) is 68.8 Å². The number of alkyl halides is 1. The Kier molecular flexibility index (Phi) is 4.92. The van der Waals surface area contributed by atoms with Gasteiger partial charge in [0.15, 0.2) is 5.82 Å². The molecule has 180 valence electrons. The molecule has 34 heavy (non-hydrogen) atoms. The van der Waals surface area contributed by atoms with Gasteiger partial charge >= 0.3 is 0 Å². The van der Waals surface area contributed by atoms with E-state index in [1.807, 2.05) is 24.5 Å². The molecule has 7 nitrogen and oxygen atoms in total. The molecule has 1 saturated heterocycles. The maximum atomic E-state index is 15.3. The summed E-state index contributed by atoms with van der Waals surface area (Å²) in [6.45, 7) is 4.81. The number of imidazole rings is 1. The maximum Gasteiger partial charge on any atom is 0.223 e. The van der Waals surface area contributed by atoms with Crippen LogP contribution in [0.2, 0.25) is 5.02 Å². The van der Waals surface area contributed by atoms with Crippen molar-refractivity contribution in [3.05, 3.63) is 35.0 Å². The lowest BCUT2D eigenvalue weighted by Crippen LogP contribution is -2.67. The largest absolute Gasteiger partial charge is 0.389 e. The fraction of sp³-hybridized carbons (Fsp3) is 0.542. The fourth-order valence-electron chi connectivity index (χ4n) is 5.78. The van der Waals surface area contributed by atoms with Gasteiger partial charge in [-0.2, -0.15) is 0 Å². The molecule has 3 heterocycles. The van der Waals surface area contributed by atoms with Crippen LogP contribution in [0.1, 0.15) is 51.4 Å². The molecule has 2 atom stereocenters. The van der Waals surface area contributed by atoms with Gasteiger partial charge in [-0.1, -0.05) is 11.6 Å². The zero-order valence-electron chi connectivity index (χ0n) is 19.0. The van der Waals surface area contributed by atoms with E-state index in [0.717, 1.165) is 5.82 Å². The summed E-state index contributed by atoms with van der Waals surface area (Å²) >= 11 is 6.43. The zero-order chi connectivity index (χ0) is 23.8. The van der Waals surface area contributed by atoms with Crippen LogP contribution in [0.15, 0.2) is 18.3 Å². The number of aromatic nitrogens is 4. The van der Waals surface area contributed by atoms with Gasteiger partial charge in [0.05, 0.1) is 41.2 Å². The van der Waals surface area contributed by atoms with Crippen LogP contribution in [0.4, 0.5) is 14.7 Å². The molecule has 3 saturated carbocycles. The van der Waals surface area contributed by atoms with E-state index in [0.29, 0.717) is 55.0 Å². The van der Waals surface area contributed by atoms with Crippen LogP contribution >= 0.6 is 11.6 Å². The molecular weight excluding hydrogens is 464 g/mol. The quantitative estimate of drug-likeness (QED) is 0.546. The van der Waals surface area contributed by atoms with Crippen LogP contribution in [0.3, 0.4) is 0 Å². The first-order chi connectivity index (χ1) is 16.2. The molecule has 0 radical (unpaired) electrons. The summed E-state index contributed by atoms with van der Waals surface area (Å²) in [4.78, 5) is 13.4. The Bertz CT molecular complexity index is 1280. The van der Waals surface area contributed by atoms with Crippen molar-refractivity contribution in [3.63, 3.8) is 0 Å². The van der Waals surface area contributed by atoms with Crippen LogP contribution in [-0.2, 0) is 10.2 Å². The predicted molar refractivity (Wildman–Crippen MR) is 124 cm³/mol. The summed E-state index contributed by atoms with van der Waals surface area (Å²) in [5.41, 5.74) is 0.438. The van der Waals surface area contributed by atoms with Gasteiger partial charge in [-0.25, -0.2) is 23.7 Å². The van der Waals surface area contributed by atoms with E-state index in [9.17, 15) is 9.50 Å². The Morgan fingerprint density at radius 3 is 2.71 bits per heavy atom. The van der Waals surface area contributed by atoms with E-state index in [1.54, 1.807) is 0 Å². The van der Waals surface area contributed by atoms with Gasteiger partial charge in [0.1, 0.15) is 17.0 Å². The lowest BCUT2D eigenvalue weighted by atomic mass is 9.42. The van der Waals surface area contributed by atoms with Gasteiger partial charge in [-0.3, -0.25) is 0 Å². The predicted octanol–water partition coefficient (Wildman–Crippen LogP) is 4.57.